The van der Waals surface area contributed by atoms with Gasteiger partial charge in [-0.25, -0.2) is 9.18 Å². The van der Waals surface area contributed by atoms with Crippen LogP contribution in [0.25, 0.3) is 11.5 Å². The van der Waals surface area contributed by atoms with E-state index in [0.29, 0.717) is 5.69 Å². The molecule has 6 nitrogen and oxygen atoms in total. The van der Waals surface area contributed by atoms with Gasteiger partial charge in [0.1, 0.15) is 5.82 Å². The molecule has 0 radical (unpaired) electrons. The van der Waals surface area contributed by atoms with Gasteiger partial charge >= 0.3 is 6.03 Å². The standard InChI is InChI=1S/C16H13FN4O2/c17-13-9-5-4-8-12(13)15-21-20-14(23-15)10-18-16(22)19-11-6-2-1-3-7-11/h1-9H,10H2,(H2,18,19,22). The SMILES string of the molecule is O=C(NCc1nnc(-c2ccccc2F)o1)Nc1ccccc1. The van der Waals surface area contributed by atoms with Crippen molar-refractivity contribution in [1.29, 1.82) is 0 Å². The first-order valence-electron chi connectivity index (χ1n) is 6.89. The summed E-state index contributed by atoms with van der Waals surface area (Å²) in [5.74, 6) is -0.188. The van der Waals surface area contributed by atoms with Crippen molar-refractivity contribution < 1.29 is 13.6 Å². The van der Waals surface area contributed by atoms with E-state index in [4.69, 9.17) is 4.42 Å². The van der Waals surface area contributed by atoms with Crippen LogP contribution in [0, 0.1) is 5.82 Å². The monoisotopic (exact) mass is 312 g/mol. The molecular formula is C16H13FN4O2. The Hall–Kier alpha value is -3.22. The third kappa shape index (κ3) is 3.70. The lowest BCUT2D eigenvalue weighted by Crippen LogP contribution is -2.28. The Kier molecular flexibility index (Phi) is 4.28. The summed E-state index contributed by atoms with van der Waals surface area (Å²) in [6.45, 7) is 0.0418. The maximum Gasteiger partial charge on any atom is 0.319 e. The summed E-state index contributed by atoms with van der Waals surface area (Å²) in [6.07, 6.45) is 0. The minimum absolute atomic E-state index is 0.0418. The molecule has 3 rings (SSSR count). The summed E-state index contributed by atoms with van der Waals surface area (Å²) < 4.78 is 19.0. The molecule has 0 aliphatic rings. The van der Waals surface area contributed by atoms with E-state index in [2.05, 4.69) is 20.8 Å². The van der Waals surface area contributed by atoms with Crippen LogP contribution in [0.1, 0.15) is 5.89 Å². The van der Waals surface area contributed by atoms with Crippen LogP contribution in [0.3, 0.4) is 0 Å². The number of benzene rings is 2. The number of aromatic nitrogens is 2. The summed E-state index contributed by atoms with van der Waals surface area (Å²) in [4.78, 5) is 11.7. The lowest BCUT2D eigenvalue weighted by Gasteiger charge is -2.05. The summed E-state index contributed by atoms with van der Waals surface area (Å²) in [6, 6.07) is 14.7. The summed E-state index contributed by atoms with van der Waals surface area (Å²) in [5, 5.41) is 12.8. The van der Waals surface area contributed by atoms with Gasteiger partial charge in [0.2, 0.25) is 5.89 Å². The number of para-hydroxylation sites is 1. The molecule has 1 heterocycles. The second kappa shape index (κ2) is 6.69. The average Bonchev–Trinajstić information content (AvgIpc) is 3.03. The van der Waals surface area contributed by atoms with Gasteiger partial charge in [-0.2, -0.15) is 0 Å². The van der Waals surface area contributed by atoms with Crippen LogP contribution < -0.4 is 10.6 Å². The highest BCUT2D eigenvalue weighted by Crippen LogP contribution is 2.20. The summed E-state index contributed by atoms with van der Waals surface area (Å²) in [5.41, 5.74) is 0.891. The lowest BCUT2D eigenvalue weighted by atomic mass is 10.2. The number of hydrogen-bond donors (Lipinski definition) is 2. The number of halogens is 1. The predicted molar refractivity (Wildman–Crippen MR) is 82.0 cm³/mol. The van der Waals surface area contributed by atoms with Gasteiger partial charge in [-0.15, -0.1) is 10.2 Å². The lowest BCUT2D eigenvalue weighted by molar-refractivity contribution is 0.250. The Morgan fingerprint density at radius 2 is 1.78 bits per heavy atom. The molecule has 23 heavy (non-hydrogen) atoms. The van der Waals surface area contributed by atoms with Gasteiger partial charge in [-0.3, -0.25) is 0 Å². The van der Waals surface area contributed by atoms with Crippen LogP contribution in [0.5, 0.6) is 0 Å². The number of amides is 2. The van der Waals surface area contributed by atoms with Crippen molar-refractivity contribution in [3.63, 3.8) is 0 Å². The van der Waals surface area contributed by atoms with Gasteiger partial charge in [-0.1, -0.05) is 30.3 Å². The van der Waals surface area contributed by atoms with Crippen LogP contribution in [-0.4, -0.2) is 16.2 Å². The zero-order valence-electron chi connectivity index (χ0n) is 12.0. The highest BCUT2D eigenvalue weighted by atomic mass is 19.1. The predicted octanol–water partition coefficient (Wildman–Crippen LogP) is 3.20. The minimum Gasteiger partial charge on any atom is -0.419 e. The number of carbonyl (C=O) groups is 1. The molecule has 116 valence electrons. The molecule has 0 atom stereocenters. The zero-order chi connectivity index (χ0) is 16.1. The number of urea groups is 1. The molecule has 0 saturated carbocycles. The van der Waals surface area contributed by atoms with Crippen molar-refractivity contribution in [2.24, 2.45) is 0 Å². The maximum absolute atomic E-state index is 13.6. The highest BCUT2D eigenvalue weighted by Gasteiger charge is 2.12. The number of anilines is 1. The van der Waals surface area contributed by atoms with E-state index in [1.54, 1.807) is 30.3 Å². The fourth-order valence-corrected chi connectivity index (χ4v) is 1.92. The second-order valence-electron chi connectivity index (χ2n) is 4.65. The van der Waals surface area contributed by atoms with Crippen molar-refractivity contribution in [3.8, 4) is 11.5 Å². The van der Waals surface area contributed by atoms with Gasteiger partial charge in [-0.05, 0) is 24.3 Å². The first-order valence-corrected chi connectivity index (χ1v) is 6.89. The van der Waals surface area contributed by atoms with Crippen molar-refractivity contribution in [3.05, 3.63) is 66.3 Å². The van der Waals surface area contributed by atoms with Crippen molar-refractivity contribution >= 4 is 11.7 Å². The van der Waals surface area contributed by atoms with Crippen molar-refractivity contribution in [1.82, 2.24) is 15.5 Å². The number of nitrogens with one attached hydrogen (secondary N) is 2. The smallest absolute Gasteiger partial charge is 0.319 e. The van der Waals surface area contributed by atoms with Crippen LogP contribution >= 0.6 is 0 Å². The molecule has 2 N–H and O–H groups in total. The quantitative estimate of drug-likeness (QED) is 0.775. The van der Waals surface area contributed by atoms with E-state index >= 15 is 0 Å². The van der Waals surface area contributed by atoms with Crippen LogP contribution in [-0.2, 0) is 6.54 Å². The third-order valence-corrected chi connectivity index (χ3v) is 3.00. The molecule has 0 aliphatic carbocycles. The van der Waals surface area contributed by atoms with Gasteiger partial charge < -0.3 is 15.1 Å². The van der Waals surface area contributed by atoms with Crippen LogP contribution in [0.15, 0.2) is 59.0 Å². The molecule has 2 aromatic carbocycles. The Bertz CT molecular complexity index is 805. The van der Waals surface area contributed by atoms with Gasteiger partial charge in [0.25, 0.3) is 5.89 Å². The molecule has 0 aliphatic heterocycles. The molecule has 2 amide bonds. The van der Waals surface area contributed by atoms with E-state index in [9.17, 15) is 9.18 Å². The average molecular weight is 312 g/mol. The Morgan fingerprint density at radius 3 is 2.57 bits per heavy atom. The first kappa shape index (κ1) is 14.7. The summed E-state index contributed by atoms with van der Waals surface area (Å²) in [7, 11) is 0. The molecule has 7 heteroatoms. The van der Waals surface area contributed by atoms with Gasteiger partial charge in [0, 0.05) is 5.69 Å². The maximum atomic E-state index is 13.6. The molecule has 0 bridgehead atoms. The highest BCUT2D eigenvalue weighted by molar-refractivity contribution is 5.89. The first-order chi connectivity index (χ1) is 11.2. The van der Waals surface area contributed by atoms with E-state index in [-0.39, 0.29) is 23.9 Å². The Labute approximate surface area is 131 Å². The number of rotatable bonds is 4. The molecule has 0 fully saturated rings. The second-order valence-corrected chi connectivity index (χ2v) is 4.65. The van der Waals surface area contributed by atoms with Crippen molar-refractivity contribution in [2.45, 2.75) is 6.54 Å². The Balaban J connectivity index is 1.59. The van der Waals surface area contributed by atoms with E-state index in [1.807, 2.05) is 18.2 Å². The molecular weight excluding hydrogens is 299 g/mol. The fourth-order valence-electron chi connectivity index (χ4n) is 1.92. The zero-order valence-corrected chi connectivity index (χ0v) is 12.0. The Morgan fingerprint density at radius 1 is 1.04 bits per heavy atom. The van der Waals surface area contributed by atoms with E-state index in [0.717, 1.165) is 0 Å². The van der Waals surface area contributed by atoms with Gasteiger partial charge in [0.15, 0.2) is 0 Å². The van der Waals surface area contributed by atoms with Crippen LogP contribution in [0.2, 0.25) is 0 Å². The number of nitrogens with zero attached hydrogens (tertiary/aromatic N) is 2. The molecule has 0 unspecified atom stereocenters. The van der Waals surface area contributed by atoms with Crippen LogP contribution in [0.4, 0.5) is 14.9 Å². The topological polar surface area (TPSA) is 80.1 Å². The third-order valence-electron chi connectivity index (χ3n) is 3.00. The fraction of sp³-hybridized carbons (Fsp3) is 0.0625. The molecule has 0 saturated heterocycles. The molecule has 1 aromatic heterocycles. The molecule has 0 spiro atoms. The minimum atomic E-state index is -0.447. The number of carbonyl (C=O) groups excluding carboxylic acids is 1. The molecule has 3 aromatic rings. The normalized spacial score (nSPS) is 10.3. The summed E-state index contributed by atoms with van der Waals surface area (Å²) >= 11 is 0. The van der Waals surface area contributed by atoms with Crippen molar-refractivity contribution in [2.75, 3.05) is 5.32 Å². The largest absolute Gasteiger partial charge is 0.419 e. The van der Waals surface area contributed by atoms with E-state index < -0.39 is 11.8 Å². The van der Waals surface area contributed by atoms with E-state index in [1.165, 1.54) is 6.07 Å². The van der Waals surface area contributed by atoms with Gasteiger partial charge in [0.05, 0.1) is 12.1 Å². The number of hydrogen-bond acceptors (Lipinski definition) is 4.